The average Bonchev–Trinajstić information content (AvgIpc) is 2.17. The highest BCUT2D eigenvalue weighted by molar-refractivity contribution is 5.97. The fraction of sp³-hybridized carbons (Fsp3) is 0.375. The predicted octanol–water partition coefficient (Wildman–Crippen LogP) is 1.12. The van der Waals surface area contributed by atoms with Crippen molar-refractivity contribution in [2.75, 3.05) is 13.6 Å². The molecule has 0 amide bonds. The minimum absolute atomic E-state index is 0.848. The van der Waals surface area contributed by atoms with Crippen molar-refractivity contribution in [2.24, 2.45) is 4.99 Å². The third-order valence-electron chi connectivity index (χ3n) is 1.29. The summed E-state index contributed by atoms with van der Waals surface area (Å²) in [5.74, 6) is 0. The SMILES string of the molecule is CNCC1=NC=CCC=C1. The van der Waals surface area contributed by atoms with Gasteiger partial charge in [0.1, 0.15) is 0 Å². The first-order valence-corrected chi connectivity index (χ1v) is 3.46. The van der Waals surface area contributed by atoms with Gasteiger partial charge in [0.2, 0.25) is 0 Å². The number of aliphatic imine (C=N–C) groups is 1. The second kappa shape index (κ2) is 4.01. The maximum absolute atomic E-state index is 4.20. The van der Waals surface area contributed by atoms with E-state index in [1.165, 1.54) is 0 Å². The second-order valence-electron chi connectivity index (χ2n) is 2.17. The Morgan fingerprint density at radius 2 is 2.50 bits per heavy atom. The summed E-state index contributed by atoms with van der Waals surface area (Å²) in [6.45, 7) is 0.848. The van der Waals surface area contributed by atoms with E-state index in [0.717, 1.165) is 18.7 Å². The van der Waals surface area contributed by atoms with Crippen LogP contribution >= 0.6 is 0 Å². The largest absolute Gasteiger partial charge is 0.314 e. The molecule has 0 spiro atoms. The van der Waals surface area contributed by atoms with Gasteiger partial charge in [-0.2, -0.15) is 0 Å². The van der Waals surface area contributed by atoms with E-state index in [9.17, 15) is 0 Å². The Kier molecular flexibility index (Phi) is 2.90. The molecule has 1 aliphatic heterocycles. The molecule has 54 valence electrons. The zero-order valence-corrected chi connectivity index (χ0v) is 6.17. The molecular weight excluding hydrogens is 124 g/mol. The molecule has 0 aromatic heterocycles. The van der Waals surface area contributed by atoms with Crippen LogP contribution in [-0.4, -0.2) is 19.3 Å². The summed E-state index contributed by atoms with van der Waals surface area (Å²) in [5.41, 5.74) is 1.09. The average molecular weight is 136 g/mol. The van der Waals surface area contributed by atoms with Crippen LogP contribution in [0.25, 0.3) is 0 Å². The summed E-state index contributed by atoms with van der Waals surface area (Å²) >= 11 is 0. The van der Waals surface area contributed by atoms with Crippen LogP contribution in [0.5, 0.6) is 0 Å². The Labute approximate surface area is 61.4 Å². The van der Waals surface area contributed by atoms with Crippen LogP contribution in [0, 0.1) is 0 Å². The minimum Gasteiger partial charge on any atom is -0.314 e. The van der Waals surface area contributed by atoms with Crippen molar-refractivity contribution in [1.82, 2.24) is 5.32 Å². The molecule has 0 fully saturated rings. The molecule has 10 heavy (non-hydrogen) atoms. The van der Waals surface area contributed by atoms with Crippen LogP contribution in [0.2, 0.25) is 0 Å². The van der Waals surface area contributed by atoms with Crippen molar-refractivity contribution >= 4 is 5.71 Å². The molecule has 0 aliphatic carbocycles. The van der Waals surface area contributed by atoms with Crippen molar-refractivity contribution in [3.8, 4) is 0 Å². The van der Waals surface area contributed by atoms with Crippen LogP contribution in [0.4, 0.5) is 0 Å². The number of allylic oxidation sites excluding steroid dienone is 2. The summed E-state index contributed by atoms with van der Waals surface area (Å²) in [6, 6.07) is 0. The van der Waals surface area contributed by atoms with Crippen LogP contribution < -0.4 is 5.32 Å². The van der Waals surface area contributed by atoms with Crippen LogP contribution in [0.3, 0.4) is 0 Å². The number of nitrogens with zero attached hydrogens (tertiary/aromatic N) is 1. The van der Waals surface area contributed by atoms with E-state index >= 15 is 0 Å². The summed E-state index contributed by atoms with van der Waals surface area (Å²) in [4.78, 5) is 4.20. The second-order valence-corrected chi connectivity index (χ2v) is 2.17. The minimum atomic E-state index is 0.848. The van der Waals surface area contributed by atoms with E-state index in [1.807, 2.05) is 19.3 Å². The maximum atomic E-state index is 4.20. The van der Waals surface area contributed by atoms with Gasteiger partial charge in [-0.15, -0.1) is 0 Å². The molecule has 1 aliphatic rings. The number of nitrogens with one attached hydrogen (secondary N) is 1. The lowest BCUT2D eigenvalue weighted by molar-refractivity contribution is 0.948. The Balaban J connectivity index is 2.55. The standard InChI is InChI=1S/C8H12N2/c1-9-7-8-5-3-2-4-6-10-8/h3-6,9H,2,7H2,1H3. The van der Waals surface area contributed by atoms with E-state index in [2.05, 4.69) is 22.5 Å². The molecule has 0 aromatic rings. The zero-order chi connectivity index (χ0) is 7.23. The monoisotopic (exact) mass is 136 g/mol. The van der Waals surface area contributed by atoms with Gasteiger partial charge >= 0.3 is 0 Å². The first kappa shape index (κ1) is 7.22. The Bertz CT molecular complexity index is 178. The van der Waals surface area contributed by atoms with E-state index in [0.29, 0.717) is 0 Å². The molecule has 0 radical (unpaired) electrons. The Morgan fingerprint density at radius 1 is 1.60 bits per heavy atom. The van der Waals surface area contributed by atoms with Crippen LogP contribution in [-0.2, 0) is 0 Å². The molecule has 1 rings (SSSR count). The smallest absolute Gasteiger partial charge is 0.0538 e. The van der Waals surface area contributed by atoms with Crippen molar-refractivity contribution in [3.05, 3.63) is 24.4 Å². The predicted molar refractivity (Wildman–Crippen MR) is 44.3 cm³/mol. The van der Waals surface area contributed by atoms with Crippen molar-refractivity contribution in [2.45, 2.75) is 6.42 Å². The van der Waals surface area contributed by atoms with Crippen molar-refractivity contribution < 1.29 is 0 Å². The van der Waals surface area contributed by atoms with Gasteiger partial charge in [0, 0.05) is 12.7 Å². The zero-order valence-electron chi connectivity index (χ0n) is 6.17. The molecule has 2 heteroatoms. The van der Waals surface area contributed by atoms with E-state index in [-0.39, 0.29) is 0 Å². The fourth-order valence-electron chi connectivity index (χ4n) is 0.821. The molecule has 0 atom stereocenters. The fourth-order valence-corrected chi connectivity index (χ4v) is 0.821. The summed E-state index contributed by atoms with van der Waals surface area (Å²) in [6.07, 6.45) is 9.05. The van der Waals surface area contributed by atoms with E-state index in [4.69, 9.17) is 0 Å². The van der Waals surface area contributed by atoms with Crippen LogP contribution in [0.1, 0.15) is 6.42 Å². The highest BCUT2D eigenvalue weighted by Crippen LogP contribution is 1.94. The summed E-state index contributed by atoms with van der Waals surface area (Å²) in [7, 11) is 1.92. The topological polar surface area (TPSA) is 24.4 Å². The normalized spacial score (nSPS) is 16.7. The van der Waals surface area contributed by atoms with Gasteiger partial charge in [0.25, 0.3) is 0 Å². The highest BCUT2D eigenvalue weighted by Gasteiger charge is 1.90. The highest BCUT2D eigenvalue weighted by atomic mass is 14.8. The lowest BCUT2D eigenvalue weighted by Gasteiger charge is -1.95. The summed E-state index contributed by atoms with van der Waals surface area (Å²) in [5, 5.41) is 3.05. The van der Waals surface area contributed by atoms with Gasteiger partial charge in [0.15, 0.2) is 0 Å². The number of hydrogen-bond acceptors (Lipinski definition) is 2. The molecule has 1 heterocycles. The molecule has 0 unspecified atom stereocenters. The lowest BCUT2D eigenvalue weighted by Crippen LogP contribution is -2.16. The molecule has 0 aromatic carbocycles. The van der Waals surface area contributed by atoms with Gasteiger partial charge in [-0.25, -0.2) is 0 Å². The van der Waals surface area contributed by atoms with Gasteiger partial charge in [-0.1, -0.05) is 12.2 Å². The third kappa shape index (κ3) is 2.15. The first-order valence-electron chi connectivity index (χ1n) is 3.46. The molecule has 1 N–H and O–H groups in total. The van der Waals surface area contributed by atoms with Crippen molar-refractivity contribution in [3.63, 3.8) is 0 Å². The molecule has 0 bridgehead atoms. The van der Waals surface area contributed by atoms with Gasteiger partial charge < -0.3 is 5.32 Å². The molecule has 2 nitrogen and oxygen atoms in total. The maximum Gasteiger partial charge on any atom is 0.0538 e. The van der Waals surface area contributed by atoms with Gasteiger partial charge in [-0.3, -0.25) is 4.99 Å². The number of hydrogen-bond donors (Lipinski definition) is 1. The number of rotatable bonds is 2. The van der Waals surface area contributed by atoms with E-state index in [1.54, 1.807) is 0 Å². The van der Waals surface area contributed by atoms with Gasteiger partial charge in [0.05, 0.1) is 5.71 Å². The summed E-state index contributed by atoms with van der Waals surface area (Å²) < 4.78 is 0. The van der Waals surface area contributed by atoms with Crippen molar-refractivity contribution in [1.29, 1.82) is 0 Å². The molecular formula is C8H12N2. The lowest BCUT2D eigenvalue weighted by atomic mass is 10.3. The molecule has 0 saturated carbocycles. The Morgan fingerprint density at radius 3 is 3.30 bits per heavy atom. The Hall–Kier alpha value is -0.890. The van der Waals surface area contributed by atoms with Crippen LogP contribution in [0.15, 0.2) is 29.4 Å². The quantitative estimate of drug-likeness (QED) is 0.604. The van der Waals surface area contributed by atoms with E-state index < -0.39 is 0 Å². The first-order chi connectivity index (χ1) is 4.93. The van der Waals surface area contributed by atoms with Gasteiger partial charge in [-0.05, 0) is 19.5 Å². The molecule has 0 saturated heterocycles. The third-order valence-corrected chi connectivity index (χ3v) is 1.29.